The Labute approximate surface area is 144 Å². The molecule has 0 bridgehead atoms. The average molecular weight is 327 g/mol. The van der Waals surface area contributed by atoms with Gasteiger partial charge < -0.3 is 4.74 Å². The molecule has 0 heterocycles. The average Bonchev–Trinajstić information content (AvgIpc) is 2.62. The highest BCUT2D eigenvalue weighted by molar-refractivity contribution is 5.25. The number of hydrogen-bond donors (Lipinski definition) is 0. The van der Waals surface area contributed by atoms with Gasteiger partial charge in [-0.05, 0) is 51.4 Å². The van der Waals surface area contributed by atoms with Crippen LogP contribution in [-0.4, -0.2) is 25.1 Å². The number of nitrogens with zero attached hydrogens (tertiary/aromatic N) is 1. The van der Waals surface area contributed by atoms with Crippen molar-refractivity contribution >= 4 is 0 Å². The minimum absolute atomic E-state index is 0.0825. The third-order valence-electron chi connectivity index (χ3n) is 5.36. The molecule has 0 atom stereocenters. The number of halogens is 1. The van der Waals surface area contributed by atoms with Gasteiger partial charge in [-0.1, -0.05) is 48.5 Å². The Morgan fingerprint density at radius 3 is 2.25 bits per heavy atom. The molecule has 0 spiro atoms. The van der Waals surface area contributed by atoms with E-state index in [-0.39, 0.29) is 17.5 Å². The van der Waals surface area contributed by atoms with Crippen LogP contribution >= 0.6 is 0 Å². The van der Waals surface area contributed by atoms with Crippen molar-refractivity contribution in [2.24, 2.45) is 0 Å². The third kappa shape index (κ3) is 3.52. The van der Waals surface area contributed by atoms with Crippen molar-refractivity contribution in [3.05, 3.63) is 71.5 Å². The minimum Gasteiger partial charge on any atom is -0.373 e. The predicted octanol–water partition coefficient (Wildman–Crippen LogP) is 4.74. The number of ether oxygens (including phenoxy) is 1. The van der Waals surface area contributed by atoms with E-state index in [1.54, 1.807) is 12.1 Å². The second-order valence-electron chi connectivity index (χ2n) is 6.89. The van der Waals surface area contributed by atoms with E-state index in [9.17, 15) is 4.39 Å². The van der Waals surface area contributed by atoms with Gasteiger partial charge in [0.1, 0.15) is 5.82 Å². The first-order valence-corrected chi connectivity index (χ1v) is 8.70. The number of rotatable bonds is 5. The molecule has 0 unspecified atom stereocenters. The van der Waals surface area contributed by atoms with Crippen molar-refractivity contribution in [1.29, 1.82) is 0 Å². The zero-order chi connectivity index (χ0) is 17.0. The molecular weight excluding hydrogens is 301 g/mol. The van der Waals surface area contributed by atoms with Crippen molar-refractivity contribution < 1.29 is 9.13 Å². The van der Waals surface area contributed by atoms with Crippen LogP contribution in [0.25, 0.3) is 0 Å². The molecule has 0 N–H and O–H groups in total. The van der Waals surface area contributed by atoms with Gasteiger partial charge in [0.15, 0.2) is 0 Å². The molecule has 3 rings (SSSR count). The molecule has 0 aliphatic heterocycles. The molecule has 0 radical (unpaired) electrons. The molecule has 1 fully saturated rings. The van der Waals surface area contributed by atoms with E-state index in [0.29, 0.717) is 12.2 Å². The Balaban J connectivity index is 1.63. The highest BCUT2D eigenvalue weighted by atomic mass is 19.1. The smallest absolute Gasteiger partial charge is 0.128 e. The molecular formula is C21H26FNO. The summed E-state index contributed by atoms with van der Waals surface area (Å²) in [4.78, 5) is 2.34. The van der Waals surface area contributed by atoms with Crippen molar-refractivity contribution in [2.45, 2.75) is 43.9 Å². The highest BCUT2D eigenvalue weighted by Crippen LogP contribution is 2.41. The Morgan fingerprint density at radius 2 is 1.62 bits per heavy atom. The van der Waals surface area contributed by atoms with Gasteiger partial charge >= 0.3 is 0 Å². The molecule has 2 aromatic rings. The molecule has 24 heavy (non-hydrogen) atoms. The largest absolute Gasteiger partial charge is 0.373 e. The van der Waals surface area contributed by atoms with Crippen LogP contribution in [-0.2, 0) is 16.9 Å². The summed E-state index contributed by atoms with van der Waals surface area (Å²) in [6.07, 6.45) is 4.34. The summed E-state index contributed by atoms with van der Waals surface area (Å²) in [7, 11) is 4.32. The first kappa shape index (κ1) is 17.1. The van der Waals surface area contributed by atoms with Gasteiger partial charge in [-0.25, -0.2) is 4.39 Å². The zero-order valence-corrected chi connectivity index (χ0v) is 14.5. The summed E-state index contributed by atoms with van der Waals surface area (Å²) in [5.74, 6) is -0.180. The lowest BCUT2D eigenvalue weighted by molar-refractivity contribution is -0.0256. The third-order valence-corrected chi connectivity index (χ3v) is 5.36. The summed E-state index contributed by atoms with van der Waals surface area (Å²) in [6, 6.07) is 17.6. The van der Waals surface area contributed by atoms with E-state index >= 15 is 0 Å². The Hall–Kier alpha value is -1.71. The summed E-state index contributed by atoms with van der Waals surface area (Å²) < 4.78 is 19.7. The van der Waals surface area contributed by atoms with E-state index in [1.807, 2.05) is 6.07 Å². The fraction of sp³-hybridized carbons (Fsp3) is 0.429. The van der Waals surface area contributed by atoms with Crippen molar-refractivity contribution in [1.82, 2.24) is 4.90 Å². The summed E-state index contributed by atoms with van der Waals surface area (Å²) in [5, 5.41) is 0. The van der Waals surface area contributed by atoms with Crippen LogP contribution in [0, 0.1) is 5.82 Å². The summed E-state index contributed by atoms with van der Waals surface area (Å²) >= 11 is 0. The Morgan fingerprint density at radius 1 is 1.00 bits per heavy atom. The molecule has 128 valence electrons. The molecule has 0 saturated heterocycles. The fourth-order valence-corrected chi connectivity index (χ4v) is 3.80. The summed E-state index contributed by atoms with van der Waals surface area (Å²) in [6.45, 7) is 0.359. The van der Waals surface area contributed by atoms with Gasteiger partial charge in [0.25, 0.3) is 0 Å². The normalized spacial score (nSPS) is 24.2. The van der Waals surface area contributed by atoms with Crippen LogP contribution in [0.4, 0.5) is 4.39 Å². The summed E-state index contributed by atoms with van der Waals surface area (Å²) in [5.41, 5.74) is 2.10. The van der Waals surface area contributed by atoms with E-state index in [2.05, 4.69) is 49.3 Å². The monoisotopic (exact) mass is 327 g/mol. The van der Waals surface area contributed by atoms with Crippen LogP contribution in [0.2, 0.25) is 0 Å². The van der Waals surface area contributed by atoms with E-state index in [1.165, 1.54) is 11.6 Å². The maximum atomic E-state index is 13.7. The first-order valence-electron chi connectivity index (χ1n) is 8.70. The Kier molecular flexibility index (Phi) is 5.32. The lowest BCUT2D eigenvalue weighted by Gasteiger charge is -2.45. The van der Waals surface area contributed by atoms with Gasteiger partial charge in [-0.2, -0.15) is 0 Å². The Bertz CT molecular complexity index is 648. The van der Waals surface area contributed by atoms with Crippen LogP contribution < -0.4 is 0 Å². The predicted molar refractivity (Wildman–Crippen MR) is 95.3 cm³/mol. The molecule has 1 aliphatic rings. The van der Waals surface area contributed by atoms with E-state index in [0.717, 1.165) is 25.7 Å². The number of hydrogen-bond acceptors (Lipinski definition) is 2. The van der Waals surface area contributed by atoms with E-state index in [4.69, 9.17) is 4.74 Å². The molecule has 0 aromatic heterocycles. The van der Waals surface area contributed by atoms with Crippen LogP contribution in [0.5, 0.6) is 0 Å². The minimum atomic E-state index is -0.180. The molecule has 0 amide bonds. The van der Waals surface area contributed by atoms with Gasteiger partial charge in [-0.15, -0.1) is 0 Å². The molecule has 3 heteroatoms. The van der Waals surface area contributed by atoms with Crippen LogP contribution in [0.15, 0.2) is 54.6 Å². The van der Waals surface area contributed by atoms with E-state index < -0.39 is 0 Å². The second-order valence-corrected chi connectivity index (χ2v) is 6.89. The molecule has 2 nitrogen and oxygen atoms in total. The topological polar surface area (TPSA) is 12.5 Å². The highest BCUT2D eigenvalue weighted by Gasteiger charge is 2.38. The van der Waals surface area contributed by atoms with Gasteiger partial charge in [0.2, 0.25) is 0 Å². The lowest BCUT2D eigenvalue weighted by Crippen LogP contribution is -2.45. The van der Waals surface area contributed by atoms with Crippen LogP contribution in [0.3, 0.4) is 0 Å². The second kappa shape index (κ2) is 7.45. The standard InChI is InChI=1S/C21H26FNO/c1-23(2)21(18-9-4-3-5-10-18)14-12-19(13-15-21)24-16-17-8-6-7-11-20(17)22/h3-11,19H,12-16H2,1-2H3/t19-,21+. The van der Waals surface area contributed by atoms with Crippen molar-refractivity contribution in [3.8, 4) is 0 Å². The molecule has 1 aliphatic carbocycles. The maximum absolute atomic E-state index is 13.7. The van der Waals surface area contributed by atoms with Crippen molar-refractivity contribution in [2.75, 3.05) is 14.1 Å². The zero-order valence-electron chi connectivity index (χ0n) is 14.5. The van der Waals surface area contributed by atoms with Gasteiger partial charge in [-0.3, -0.25) is 4.90 Å². The SMILES string of the molecule is CN(C)[C@]1(c2ccccc2)CC[C@H](OCc2ccccc2F)CC1. The molecule has 1 saturated carbocycles. The number of benzene rings is 2. The lowest BCUT2D eigenvalue weighted by atomic mass is 9.74. The fourth-order valence-electron chi connectivity index (χ4n) is 3.80. The quantitative estimate of drug-likeness (QED) is 0.786. The maximum Gasteiger partial charge on any atom is 0.128 e. The molecule has 2 aromatic carbocycles. The van der Waals surface area contributed by atoms with Crippen molar-refractivity contribution in [3.63, 3.8) is 0 Å². The van der Waals surface area contributed by atoms with Gasteiger partial charge in [0, 0.05) is 11.1 Å². The first-order chi connectivity index (χ1) is 11.6. The van der Waals surface area contributed by atoms with Gasteiger partial charge in [0.05, 0.1) is 12.7 Å². The van der Waals surface area contributed by atoms with Crippen LogP contribution in [0.1, 0.15) is 36.8 Å².